The van der Waals surface area contributed by atoms with Gasteiger partial charge in [0.2, 0.25) is 0 Å². The summed E-state index contributed by atoms with van der Waals surface area (Å²) in [5.41, 5.74) is 0.155. The first-order valence-corrected chi connectivity index (χ1v) is 12.2. The number of fused-ring (bicyclic) bond motifs is 5. The second-order valence-corrected chi connectivity index (χ2v) is 10.4. The number of carbonyl (C=O) groups is 2. The van der Waals surface area contributed by atoms with Crippen LogP contribution in [0.5, 0.6) is 0 Å². The van der Waals surface area contributed by atoms with Crippen molar-refractivity contribution < 1.29 is 34.0 Å². The highest BCUT2D eigenvalue weighted by atomic mass is 16.6. The quantitative estimate of drug-likeness (QED) is 0.459. The first kappa shape index (κ1) is 25.9. The average Bonchev–Trinajstić information content (AvgIpc) is 3.12. The van der Waals surface area contributed by atoms with Crippen molar-refractivity contribution in [1.82, 2.24) is 0 Å². The first-order valence-electron chi connectivity index (χ1n) is 12.2. The number of ether oxygens (including phenoxy) is 3. The minimum absolute atomic E-state index is 0.0194. The van der Waals surface area contributed by atoms with Gasteiger partial charge in [-0.15, -0.1) is 0 Å². The van der Waals surface area contributed by atoms with Crippen molar-refractivity contribution in [2.24, 2.45) is 23.7 Å². The van der Waals surface area contributed by atoms with Gasteiger partial charge in [-0.1, -0.05) is 32.6 Å². The monoisotopic (exact) mass is 464 g/mol. The summed E-state index contributed by atoms with van der Waals surface area (Å²) in [4.78, 5) is 23.8. The molecule has 2 aliphatic heterocycles. The third-order valence-corrected chi connectivity index (χ3v) is 7.86. The summed E-state index contributed by atoms with van der Waals surface area (Å²) >= 11 is 0. The van der Waals surface area contributed by atoms with Gasteiger partial charge in [0, 0.05) is 31.6 Å². The minimum atomic E-state index is -1.52. The first-order chi connectivity index (χ1) is 15.5. The maximum absolute atomic E-state index is 12.4. The van der Waals surface area contributed by atoms with Crippen molar-refractivity contribution in [2.45, 2.75) is 96.2 Å². The zero-order chi connectivity index (χ0) is 24.5. The molecule has 9 unspecified atom stereocenters. The Balaban J connectivity index is 1.99. The molecule has 1 aliphatic carbocycles. The van der Waals surface area contributed by atoms with Crippen LogP contribution in [-0.2, 0) is 23.8 Å². The molecule has 33 heavy (non-hydrogen) atoms. The van der Waals surface area contributed by atoms with E-state index in [1.807, 2.05) is 6.92 Å². The van der Waals surface area contributed by atoms with Gasteiger partial charge in [0.25, 0.3) is 0 Å². The lowest BCUT2D eigenvalue weighted by atomic mass is 9.60. The lowest BCUT2D eigenvalue weighted by Gasteiger charge is -2.46. The predicted octanol–water partition coefficient (Wildman–Crippen LogP) is 3.33. The number of aliphatic hydroxyl groups excluding tert-OH is 1. The molecule has 3 aliphatic rings. The molecule has 0 aromatic carbocycles. The van der Waals surface area contributed by atoms with E-state index in [1.54, 1.807) is 6.92 Å². The Labute approximate surface area is 197 Å². The molecule has 2 heterocycles. The third kappa shape index (κ3) is 5.36. The standard InChI is InChI=1S/C26H40O7/c1-7-8-22(29)33-21-12-19(28)15(3)11-20-23-14(2)9-10-18(16(4)13-31-17(5)27)24(23)25(32-20)26(21,6)30/h16,18-21,23-25,28,30H,2-3,7-13H2,1,4-6H3. The SMILES string of the molecule is C=C1CC2OC(C3C(C(C)COC(C)=O)CCC(=C)C23)C(C)(O)C(OC(=O)CCC)CC1O. The van der Waals surface area contributed by atoms with Gasteiger partial charge in [-0.05, 0) is 50.0 Å². The highest BCUT2D eigenvalue weighted by molar-refractivity contribution is 5.69. The van der Waals surface area contributed by atoms with Gasteiger partial charge in [-0.3, -0.25) is 9.59 Å². The number of esters is 2. The van der Waals surface area contributed by atoms with Crippen LogP contribution < -0.4 is 0 Å². The molecule has 9 atom stereocenters. The largest absolute Gasteiger partial charge is 0.466 e. The van der Waals surface area contributed by atoms with Crippen molar-refractivity contribution in [3.05, 3.63) is 24.3 Å². The van der Waals surface area contributed by atoms with E-state index in [2.05, 4.69) is 20.1 Å². The summed E-state index contributed by atoms with van der Waals surface area (Å²) in [5, 5.41) is 22.6. The van der Waals surface area contributed by atoms with Gasteiger partial charge in [-0.25, -0.2) is 0 Å². The van der Waals surface area contributed by atoms with Crippen molar-refractivity contribution >= 4 is 11.9 Å². The van der Waals surface area contributed by atoms with E-state index < -0.39 is 29.9 Å². The lowest BCUT2D eigenvalue weighted by Crippen LogP contribution is -2.57. The van der Waals surface area contributed by atoms with Crippen LogP contribution in [0.25, 0.3) is 0 Å². The van der Waals surface area contributed by atoms with Gasteiger partial charge < -0.3 is 24.4 Å². The highest BCUT2D eigenvalue weighted by Crippen LogP contribution is 2.55. The molecule has 2 N–H and O–H groups in total. The summed E-state index contributed by atoms with van der Waals surface area (Å²) in [7, 11) is 0. The summed E-state index contributed by atoms with van der Waals surface area (Å²) in [6, 6.07) is 0. The normalized spacial score (nSPS) is 39.6. The molecule has 0 aromatic heterocycles. The molecular formula is C26H40O7. The molecule has 0 spiro atoms. The summed E-state index contributed by atoms with van der Waals surface area (Å²) in [5.74, 6) is -0.621. The molecule has 0 amide bonds. The Bertz CT molecular complexity index is 773. The Morgan fingerprint density at radius 2 is 2.00 bits per heavy atom. The van der Waals surface area contributed by atoms with E-state index in [1.165, 1.54) is 6.92 Å². The number of carbonyl (C=O) groups excluding carboxylic acids is 2. The maximum atomic E-state index is 12.4. The molecule has 7 nitrogen and oxygen atoms in total. The van der Waals surface area contributed by atoms with Crippen molar-refractivity contribution in [2.75, 3.05) is 6.61 Å². The Morgan fingerprint density at radius 3 is 2.64 bits per heavy atom. The zero-order valence-electron chi connectivity index (χ0n) is 20.4. The van der Waals surface area contributed by atoms with Crippen LogP contribution in [0.3, 0.4) is 0 Å². The molecule has 3 rings (SSSR count). The van der Waals surface area contributed by atoms with Gasteiger partial charge in [-0.2, -0.15) is 0 Å². The zero-order valence-corrected chi connectivity index (χ0v) is 20.4. The predicted molar refractivity (Wildman–Crippen MR) is 123 cm³/mol. The number of hydrogen-bond acceptors (Lipinski definition) is 7. The fourth-order valence-electron chi connectivity index (χ4n) is 6.05. The molecule has 3 fully saturated rings. The van der Waals surface area contributed by atoms with E-state index in [0.717, 1.165) is 18.4 Å². The Morgan fingerprint density at radius 1 is 1.30 bits per heavy atom. The second-order valence-electron chi connectivity index (χ2n) is 10.4. The summed E-state index contributed by atoms with van der Waals surface area (Å²) in [6.07, 6.45) is 0.340. The fourth-order valence-corrected chi connectivity index (χ4v) is 6.05. The molecule has 0 radical (unpaired) electrons. The van der Waals surface area contributed by atoms with Crippen molar-refractivity contribution in [3.8, 4) is 0 Å². The van der Waals surface area contributed by atoms with Crippen LogP contribution in [0.4, 0.5) is 0 Å². The van der Waals surface area contributed by atoms with Gasteiger partial charge >= 0.3 is 11.9 Å². The summed E-state index contributed by atoms with van der Waals surface area (Å²) in [6.45, 7) is 15.7. The van der Waals surface area contributed by atoms with E-state index in [9.17, 15) is 19.8 Å². The van der Waals surface area contributed by atoms with Crippen LogP contribution in [0.2, 0.25) is 0 Å². The van der Waals surface area contributed by atoms with E-state index in [-0.39, 0.29) is 48.6 Å². The van der Waals surface area contributed by atoms with Crippen molar-refractivity contribution in [3.63, 3.8) is 0 Å². The number of aliphatic hydroxyl groups is 2. The highest BCUT2D eigenvalue weighted by Gasteiger charge is 2.60. The Kier molecular flexibility index (Phi) is 8.07. The summed E-state index contributed by atoms with van der Waals surface area (Å²) < 4.78 is 17.6. The minimum Gasteiger partial charge on any atom is -0.466 e. The topological polar surface area (TPSA) is 102 Å². The van der Waals surface area contributed by atoms with Crippen LogP contribution in [0.15, 0.2) is 24.3 Å². The molecule has 1 saturated carbocycles. The molecule has 186 valence electrons. The molecule has 2 bridgehead atoms. The van der Waals surface area contributed by atoms with E-state index in [4.69, 9.17) is 14.2 Å². The smallest absolute Gasteiger partial charge is 0.306 e. The molecule has 0 aromatic rings. The van der Waals surface area contributed by atoms with E-state index >= 15 is 0 Å². The second kappa shape index (κ2) is 10.3. The number of rotatable bonds is 6. The number of hydrogen-bond donors (Lipinski definition) is 2. The third-order valence-electron chi connectivity index (χ3n) is 7.86. The van der Waals surface area contributed by atoms with Crippen LogP contribution in [0, 0.1) is 23.7 Å². The molecule has 7 heteroatoms. The van der Waals surface area contributed by atoms with Gasteiger partial charge in [0.05, 0.1) is 24.9 Å². The van der Waals surface area contributed by atoms with Crippen LogP contribution >= 0.6 is 0 Å². The molecular weight excluding hydrogens is 424 g/mol. The Hall–Kier alpha value is -1.70. The van der Waals surface area contributed by atoms with Gasteiger partial charge in [0.1, 0.15) is 11.7 Å². The van der Waals surface area contributed by atoms with Crippen LogP contribution in [-0.4, -0.2) is 58.8 Å². The van der Waals surface area contributed by atoms with E-state index in [0.29, 0.717) is 25.0 Å². The fraction of sp³-hybridized carbons (Fsp3) is 0.769. The lowest BCUT2D eigenvalue weighted by molar-refractivity contribution is -0.194. The van der Waals surface area contributed by atoms with Gasteiger partial charge in [0.15, 0.2) is 0 Å². The average molecular weight is 465 g/mol. The molecule has 2 saturated heterocycles. The maximum Gasteiger partial charge on any atom is 0.306 e. The van der Waals surface area contributed by atoms with Crippen LogP contribution in [0.1, 0.15) is 66.2 Å². The van der Waals surface area contributed by atoms with Crippen molar-refractivity contribution in [1.29, 1.82) is 0 Å².